The number of Topliss-reactive ketones (excluding diaryl/α,β-unsaturated/α-hetero) is 1. The number of rotatable bonds is 8. The van der Waals surface area contributed by atoms with Crippen molar-refractivity contribution in [1.82, 2.24) is 5.32 Å². The minimum Gasteiger partial charge on any atom is -0.456 e. The maximum Gasteiger partial charge on any atom is 0.329 e. The molecule has 2 amide bonds. The molecule has 0 fully saturated rings. The Bertz CT molecular complexity index is 554. The van der Waals surface area contributed by atoms with E-state index in [0.717, 1.165) is 12.0 Å². The van der Waals surface area contributed by atoms with E-state index in [2.05, 4.69) is 5.32 Å². The Morgan fingerprint density at radius 2 is 1.78 bits per heavy atom. The molecule has 0 aliphatic rings. The van der Waals surface area contributed by atoms with Gasteiger partial charge in [0.2, 0.25) is 0 Å². The predicted octanol–water partition coefficient (Wildman–Crippen LogP) is 2.06. The average Bonchev–Trinajstić information content (AvgIpc) is 2.56. The standard InChI is InChI=1S/C17H24N2O4/c1-4-11(3)15(19-17(18)22)16(21)23-10-14(20)13-8-6-12(5-2)7-9-13/h6-9,11,15H,4-5,10H2,1-3H3,(H3,18,19,22)/t11-,15+/m0/s1. The number of primary amides is 1. The maximum absolute atomic E-state index is 12.1. The number of hydrogen-bond acceptors (Lipinski definition) is 4. The largest absolute Gasteiger partial charge is 0.456 e. The second kappa shape index (κ2) is 8.92. The van der Waals surface area contributed by atoms with E-state index in [1.54, 1.807) is 19.1 Å². The summed E-state index contributed by atoms with van der Waals surface area (Å²) in [6.45, 7) is 5.35. The molecule has 0 spiro atoms. The van der Waals surface area contributed by atoms with Gasteiger partial charge in [0, 0.05) is 5.56 Å². The first-order valence-electron chi connectivity index (χ1n) is 7.73. The van der Waals surface area contributed by atoms with Crippen LogP contribution in [0.15, 0.2) is 24.3 Å². The van der Waals surface area contributed by atoms with Gasteiger partial charge >= 0.3 is 12.0 Å². The van der Waals surface area contributed by atoms with Gasteiger partial charge in [-0.15, -0.1) is 0 Å². The molecule has 3 N–H and O–H groups in total. The molecule has 1 aromatic rings. The number of carbonyl (C=O) groups is 3. The van der Waals surface area contributed by atoms with Gasteiger partial charge in [0.15, 0.2) is 12.4 Å². The highest BCUT2D eigenvalue weighted by atomic mass is 16.5. The smallest absolute Gasteiger partial charge is 0.329 e. The molecular formula is C17H24N2O4. The zero-order valence-electron chi connectivity index (χ0n) is 13.8. The average molecular weight is 320 g/mol. The number of ketones is 1. The van der Waals surface area contributed by atoms with E-state index < -0.39 is 18.0 Å². The van der Waals surface area contributed by atoms with Gasteiger partial charge in [-0.3, -0.25) is 4.79 Å². The monoisotopic (exact) mass is 320 g/mol. The summed E-state index contributed by atoms with van der Waals surface area (Å²) < 4.78 is 5.04. The molecule has 6 heteroatoms. The Kier molecular flexibility index (Phi) is 7.25. The van der Waals surface area contributed by atoms with Gasteiger partial charge in [-0.1, -0.05) is 51.5 Å². The second-order valence-corrected chi connectivity index (χ2v) is 5.45. The molecule has 0 unspecified atom stereocenters. The van der Waals surface area contributed by atoms with Gasteiger partial charge in [0.1, 0.15) is 6.04 Å². The molecule has 126 valence electrons. The quantitative estimate of drug-likeness (QED) is 0.566. The summed E-state index contributed by atoms with van der Waals surface area (Å²) in [4.78, 5) is 35.1. The summed E-state index contributed by atoms with van der Waals surface area (Å²) in [5, 5.41) is 2.36. The fourth-order valence-corrected chi connectivity index (χ4v) is 2.06. The van der Waals surface area contributed by atoms with Crippen LogP contribution in [0, 0.1) is 5.92 Å². The Labute approximate surface area is 136 Å². The lowest BCUT2D eigenvalue weighted by atomic mass is 9.99. The van der Waals surface area contributed by atoms with Crippen molar-refractivity contribution in [1.29, 1.82) is 0 Å². The molecule has 1 rings (SSSR count). The van der Waals surface area contributed by atoms with Crippen LogP contribution >= 0.6 is 0 Å². The third-order valence-electron chi connectivity index (χ3n) is 3.79. The van der Waals surface area contributed by atoms with Crippen molar-refractivity contribution in [2.24, 2.45) is 11.7 Å². The van der Waals surface area contributed by atoms with Gasteiger partial charge in [-0.25, -0.2) is 9.59 Å². The predicted molar refractivity (Wildman–Crippen MR) is 87.1 cm³/mol. The number of aryl methyl sites for hydroxylation is 1. The number of benzene rings is 1. The van der Waals surface area contributed by atoms with Crippen molar-refractivity contribution < 1.29 is 19.1 Å². The maximum atomic E-state index is 12.1. The Morgan fingerprint density at radius 3 is 2.26 bits per heavy atom. The lowest BCUT2D eigenvalue weighted by Gasteiger charge is -2.21. The third kappa shape index (κ3) is 5.73. The fourth-order valence-electron chi connectivity index (χ4n) is 2.06. The lowest BCUT2D eigenvalue weighted by molar-refractivity contribution is -0.146. The van der Waals surface area contributed by atoms with E-state index in [-0.39, 0.29) is 18.3 Å². The third-order valence-corrected chi connectivity index (χ3v) is 3.79. The molecule has 2 atom stereocenters. The van der Waals surface area contributed by atoms with Crippen molar-refractivity contribution in [3.63, 3.8) is 0 Å². The van der Waals surface area contributed by atoms with Crippen molar-refractivity contribution >= 4 is 17.8 Å². The summed E-state index contributed by atoms with van der Waals surface area (Å²) in [7, 11) is 0. The van der Waals surface area contributed by atoms with Crippen LogP contribution in [0.4, 0.5) is 4.79 Å². The number of carbonyl (C=O) groups excluding carboxylic acids is 3. The van der Waals surface area contributed by atoms with Crippen LogP contribution in [0.5, 0.6) is 0 Å². The van der Waals surface area contributed by atoms with Crippen molar-refractivity contribution in [2.45, 2.75) is 39.7 Å². The molecule has 0 saturated heterocycles. The molecule has 1 aromatic carbocycles. The first-order valence-corrected chi connectivity index (χ1v) is 7.73. The van der Waals surface area contributed by atoms with Gasteiger partial charge in [0.25, 0.3) is 0 Å². The zero-order valence-corrected chi connectivity index (χ0v) is 13.8. The van der Waals surface area contributed by atoms with Crippen LogP contribution in [0.1, 0.15) is 43.1 Å². The topological polar surface area (TPSA) is 98.5 Å². The van der Waals surface area contributed by atoms with Gasteiger partial charge in [-0.05, 0) is 17.9 Å². The molecule has 0 saturated carbocycles. The SMILES string of the molecule is CCc1ccc(C(=O)COC(=O)[C@H](NC(N)=O)[C@@H](C)CC)cc1. The summed E-state index contributed by atoms with van der Waals surface area (Å²) >= 11 is 0. The molecule has 0 bridgehead atoms. The van der Waals surface area contributed by atoms with Crippen LogP contribution in [-0.2, 0) is 16.0 Å². The molecule has 6 nitrogen and oxygen atoms in total. The van der Waals surface area contributed by atoms with E-state index in [9.17, 15) is 14.4 Å². The molecule has 0 aromatic heterocycles. The minimum absolute atomic E-state index is 0.145. The van der Waals surface area contributed by atoms with E-state index in [1.165, 1.54) is 0 Å². The van der Waals surface area contributed by atoms with Gasteiger partial charge < -0.3 is 15.8 Å². The molecule has 23 heavy (non-hydrogen) atoms. The number of amides is 2. The summed E-state index contributed by atoms with van der Waals surface area (Å²) in [6.07, 6.45) is 1.55. The number of esters is 1. The number of urea groups is 1. The highest BCUT2D eigenvalue weighted by molar-refractivity contribution is 5.98. The Balaban J connectivity index is 2.64. The van der Waals surface area contributed by atoms with Crippen molar-refractivity contribution in [3.05, 3.63) is 35.4 Å². The fraction of sp³-hybridized carbons (Fsp3) is 0.471. The van der Waals surface area contributed by atoms with E-state index in [1.807, 2.05) is 26.0 Å². The zero-order chi connectivity index (χ0) is 17.4. The van der Waals surface area contributed by atoms with E-state index in [0.29, 0.717) is 12.0 Å². The minimum atomic E-state index is -0.854. The first-order chi connectivity index (χ1) is 10.9. The van der Waals surface area contributed by atoms with Crippen LogP contribution in [-0.4, -0.2) is 30.4 Å². The summed E-state index contributed by atoms with van der Waals surface area (Å²) in [5.74, 6) is -1.09. The summed E-state index contributed by atoms with van der Waals surface area (Å²) in [6, 6.07) is 5.50. The van der Waals surface area contributed by atoms with Gasteiger partial charge in [0.05, 0.1) is 0 Å². The summed E-state index contributed by atoms with van der Waals surface area (Å²) in [5.41, 5.74) is 6.68. The number of hydrogen-bond donors (Lipinski definition) is 2. The van der Waals surface area contributed by atoms with Gasteiger partial charge in [-0.2, -0.15) is 0 Å². The number of ether oxygens (including phenoxy) is 1. The highest BCUT2D eigenvalue weighted by Gasteiger charge is 2.27. The first kappa shape index (κ1) is 18.7. The number of nitrogens with one attached hydrogen (secondary N) is 1. The normalized spacial score (nSPS) is 13.0. The van der Waals surface area contributed by atoms with Crippen molar-refractivity contribution in [3.8, 4) is 0 Å². The highest BCUT2D eigenvalue weighted by Crippen LogP contribution is 2.10. The van der Waals surface area contributed by atoms with Crippen LogP contribution < -0.4 is 11.1 Å². The molecule has 0 radical (unpaired) electrons. The van der Waals surface area contributed by atoms with E-state index >= 15 is 0 Å². The van der Waals surface area contributed by atoms with E-state index in [4.69, 9.17) is 10.5 Å². The lowest BCUT2D eigenvalue weighted by Crippen LogP contribution is -2.48. The van der Waals surface area contributed by atoms with Crippen LogP contribution in [0.2, 0.25) is 0 Å². The molecule has 0 heterocycles. The Morgan fingerprint density at radius 1 is 1.17 bits per heavy atom. The molecular weight excluding hydrogens is 296 g/mol. The Hall–Kier alpha value is -2.37. The number of nitrogens with two attached hydrogens (primary N) is 1. The molecule has 0 aliphatic heterocycles. The van der Waals surface area contributed by atoms with Crippen LogP contribution in [0.25, 0.3) is 0 Å². The van der Waals surface area contributed by atoms with Crippen molar-refractivity contribution in [2.75, 3.05) is 6.61 Å². The molecule has 0 aliphatic carbocycles. The second-order valence-electron chi connectivity index (χ2n) is 5.45. The van der Waals surface area contributed by atoms with Crippen LogP contribution in [0.3, 0.4) is 0 Å².